The topological polar surface area (TPSA) is 124 Å². The molecule has 0 saturated carbocycles. The second-order valence-electron chi connectivity index (χ2n) is 5.04. The Morgan fingerprint density at radius 2 is 1.75 bits per heavy atom. The molecular weight excluding hydrogens is 316 g/mol. The Balaban J connectivity index is 1.73. The number of hydrogen-bond acceptors (Lipinski definition) is 5. The zero-order valence-corrected chi connectivity index (χ0v) is 13.1. The molecular formula is C14H18N6O4. The molecule has 0 atom stereocenters. The number of carbonyl (C=O) groups excluding carboxylic acids is 2. The van der Waals surface area contributed by atoms with Crippen LogP contribution in [0.5, 0.6) is 0 Å². The summed E-state index contributed by atoms with van der Waals surface area (Å²) in [5, 5.41) is 15.8. The summed E-state index contributed by atoms with van der Waals surface area (Å²) < 4.78 is 3.24. The summed E-state index contributed by atoms with van der Waals surface area (Å²) in [5.41, 5.74) is 0.604. The second-order valence-corrected chi connectivity index (χ2v) is 5.04. The third-order valence-electron chi connectivity index (χ3n) is 3.35. The Labute approximate surface area is 137 Å². The van der Waals surface area contributed by atoms with Gasteiger partial charge >= 0.3 is 17.8 Å². The molecule has 0 bridgehead atoms. The van der Waals surface area contributed by atoms with Crippen molar-refractivity contribution in [2.75, 3.05) is 13.1 Å². The summed E-state index contributed by atoms with van der Waals surface area (Å²) >= 11 is 0. The molecule has 0 aliphatic heterocycles. The van der Waals surface area contributed by atoms with Gasteiger partial charge in [0.1, 0.15) is 11.9 Å². The minimum atomic E-state index is -0.775. The summed E-state index contributed by atoms with van der Waals surface area (Å²) in [6, 6.07) is 3.73. The highest BCUT2D eigenvalue weighted by Gasteiger charge is 2.18. The predicted molar refractivity (Wildman–Crippen MR) is 84.1 cm³/mol. The summed E-state index contributed by atoms with van der Waals surface area (Å²) in [7, 11) is 0. The standard InChI is InChI=1S/C14H18N6O4/c1-11-10-17-14(20(23)24)19(11)9-5-16-13(22)12(21)15-4-8-18-6-2-3-7-18/h2-3,6-7,10H,4-5,8-9H2,1H3,(H,15,21)(H,16,22). The van der Waals surface area contributed by atoms with Crippen LogP contribution in [0.1, 0.15) is 5.69 Å². The van der Waals surface area contributed by atoms with Gasteiger partial charge in [0.25, 0.3) is 0 Å². The SMILES string of the molecule is Cc1cnc([N+](=O)[O-])n1CCNC(=O)C(=O)NCCn1cccc1. The normalized spacial score (nSPS) is 10.4. The molecule has 2 aromatic rings. The Morgan fingerprint density at radius 1 is 1.17 bits per heavy atom. The molecule has 128 valence electrons. The highest BCUT2D eigenvalue weighted by Crippen LogP contribution is 2.11. The Morgan fingerprint density at radius 3 is 2.33 bits per heavy atom. The molecule has 10 nitrogen and oxygen atoms in total. The van der Waals surface area contributed by atoms with Crippen molar-refractivity contribution in [3.05, 3.63) is 46.5 Å². The van der Waals surface area contributed by atoms with E-state index in [1.165, 1.54) is 10.8 Å². The fraction of sp³-hybridized carbons (Fsp3) is 0.357. The minimum absolute atomic E-state index is 0.0852. The number of nitro groups is 1. The van der Waals surface area contributed by atoms with Crippen LogP contribution in [-0.4, -0.2) is 43.9 Å². The average molecular weight is 334 g/mol. The van der Waals surface area contributed by atoms with Crippen LogP contribution in [-0.2, 0) is 22.7 Å². The minimum Gasteiger partial charge on any atom is -0.390 e. The van der Waals surface area contributed by atoms with Crippen LogP contribution in [0.3, 0.4) is 0 Å². The van der Waals surface area contributed by atoms with Crippen LogP contribution in [0.2, 0.25) is 0 Å². The summed E-state index contributed by atoms with van der Waals surface area (Å²) in [6.07, 6.45) is 5.09. The molecule has 2 rings (SSSR count). The molecule has 2 aromatic heterocycles. The van der Waals surface area contributed by atoms with E-state index in [2.05, 4.69) is 15.6 Å². The van der Waals surface area contributed by atoms with Gasteiger partial charge in [-0.2, -0.15) is 0 Å². The lowest BCUT2D eigenvalue weighted by Crippen LogP contribution is -2.42. The third-order valence-corrected chi connectivity index (χ3v) is 3.35. The predicted octanol–water partition coefficient (Wildman–Crippen LogP) is -0.166. The van der Waals surface area contributed by atoms with Gasteiger partial charge < -0.3 is 25.3 Å². The molecule has 0 spiro atoms. The number of carbonyl (C=O) groups is 2. The first kappa shape index (κ1) is 17.2. The highest BCUT2D eigenvalue weighted by atomic mass is 16.6. The Bertz CT molecular complexity index is 722. The van der Waals surface area contributed by atoms with Crippen molar-refractivity contribution >= 4 is 17.8 Å². The van der Waals surface area contributed by atoms with E-state index in [1.807, 2.05) is 29.1 Å². The first-order valence-corrected chi connectivity index (χ1v) is 7.32. The molecule has 0 fully saturated rings. The average Bonchev–Trinajstić information content (AvgIpc) is 3.17. The number of imidazole rings is 1. The second kappa shape index (κ2) is 7.90. The van der Waals surface area contributed by atoms with Gasteiger partial charge in [0.05, 0.1) is 6.54 Å². The van der Waals surface area contributed by atoms with E-state index in [-0.39, 0.29) is 19.0 Å². The number of rotatable bonds is 7. The van der Waals surface area contributed by atoms with E-state index >= 15 is 0 Å². The van der Waals surface area contributed by atoms with Crippen molar-refractivity contribution in [3.8, 4) is 0 Å². The van der Waals surface area contributed by atoms with Crippen molar-refractivity contribution in [1.29, 1.82) is 0 Å². The zero-order chi connectivity index (χ0) is 17.5. The molecule has 0 saturated heterocycles. The molecule has 2 N–H and O–H groups in total. The maximum absolute atomic E-state index is 11.7. The molecule has 0 aromatic carbocycles. The van der Waals surface area contributed by atoms with Crippen molar-refractivity contribution in [3.63, 3.8) is 0 Å². The third kappa shape index (κ3) is 4.41. The van der Waals surface area contributed by atoms with Crippen molar-refractivity contribution < 1.29 is 14.5 Å². The van der Waals surface area contributed by atoms with E-state index in [4.69, 9.17) is 0 Å². The Kier molecular flexibility index (Phi) is 5.66. The Hall–Kier alpha value is -3.17. The number of nitrogens with one attached hydrogen (secondary N) is 2. The quantitative estimate of drug-likeness (QED) is 0.413. The van der Waals surface area contributed by atoms with E-state index in [9.17, 15) is 19.7 Å². The maximum Gasteiger partial charge on any atom is 0.434 e. The van der Waals surface area contributed by atoms with Crippen LogP contribution in [0, 0.1) is 17.0 Å². The molecule has 0 unspecified atom stereocenters. The van der Waals surface area contributed by atoms with Crippen LogP contribution in [0.25, 0.3) is 0 Å². The van der Waals surface area contributed by atoms with Gasteiger partial charge in [0, 0.05) is 32.0 Å². The first-order valence-electron chi connectivity index (χ1n) is 7.32. The largest absolute Gasteiger partial charge is 0.434 e. The van der Waals surface area contributed by atoms with Crippen molar-refractivity contribution in [2.24, 2.45) is 0 Å². The number of nitrogens with zero attached hydrogens (tertiary/aromatic N) is 4. The van der Waals surface area contributed by atoms with Crippen LogP contribution < -0.4 is 10.6 Å². The molecule has 24 heavy (non-hydrogen) atoms. The number of aromatic nitrogens is 3. The van der Waals surface area contributed by atoms with Crippen LogP contribution in [0.4, 0.5) is 5.95 Å². The highest BCUT2D eigenvalue weighted by molar-refractivity contribution is 6.35. The van der Waals surface area contributed by atoms with Gasteiger partial charge in [0.15, 0.2) is 0 Å². The maximum atomic E-state index is 11.7. The van der Waals surface area contributed by atoms with Gasteiger partial charge in [-0.05, 0) is 24.0 Å². The van der Waals surface area contributed by atoms with E-state index in [0.29, 0.717) is 18.8 Å². The van der Waals surface area contributed by atoms with E-state index in [1.54, 1.807) is 6.92 Å². The van der Waals surface area contributed by atoms with Gasteiger partial charge in [-0.25, -0.2) is 4.57 Å². The number of amides is 2. The summed E-state index contributed by atoms with van der Waals surface area (Å²) in [5.74, 6) is -1.81. The molecule has 0 radical (unpaired) electrons. The monoisotopic (exact) mass is 334 g/mol. The fourth-order valence-electron chi connectivity index (χ4n) is 2.13. The summed E-state index contributed by atoms with van der Waals surface area (Å²) in [4.78, 5) is 37.2. The van der Waals surface area contributed by atoms with Crippen molar-refractivity contribution in [1.82, 2.24) is 24.8 Å². The van der Waals surface area contributed by atoms with Gasteiger partial charge in [-0.15, -0.1) is 0 Å². The lowest BCUT2D eigenvalue weighted by molar-refractivity contribution is -0.396. The molecule has 0 aliphatic carbocycles. The smallest absolute Gasteiger partial charge is 0.390 e. The van der Waals surface area contributed by atoms with Crippen molar-refractivity contribution in [2.45, 2.75) is 20.0 Å². The molecule has 0 aliphatic rings. The molecule has 2 heterocycles. The molecule has 10 heteroatoms. The number of aryl methyl sites for hydroxylation is 1. The zero-order valence-electron chi connectivity index (χ0n) is 13.1. The van der Waals surface area contributed by atoms with Gasteiger partial charge in [-0.1, -0.05) is 4.98 Å². The first-order chi connectivity index (χ1) is 11.5. The van der Waals surface area contributed by atoms with Crippen LogP contribution in [0.15, 0.2) is 30.7 Å². The van der Waals surface area contributed by atoms with E-state index in [0.717, 1.165) is 0 Å². The van der Waals surface area contributed by atoms with E-state index < -0.39 is 16.7 Å². The molecule has 2 amide bonds. The fourth-order valence-corrected chi connectivity index (χ4v) is 2.13. The van der Waals surface area contributed by atoms with Crippen LogP contribution >= 0.6 is 0 Å². The lowest BCUT2D eigenvalue weighted by atomic mass is 10.4. The lowest BCUT2D eigenvalue weighted by Gasteiger charge is -2.07. The number of hydrogen-bond donors (Lipinski definition) is 2. The summed E-state index contributed by atoms with van der Waals surface area (Å²) in [6.45, 7) is 2.81. The van der Waals surface area contributed by atoms with Gasteiger partial charge in [-0.3, -0.25) is 9.59 Å². The van der Waals surface area contributed by atoms with Gasteiger partial charge in [0.2, 0.25) is 0 Å².